The fourth-order valence-corrected chi connectivity index (χ4v) is 3.62. The highest BCUT2D eigenvalue weighted by molar-refractivity contribution is 5.91. The largest absolute Gasteiger partial charge is 0.325 e. The summed E-state index contributed by atoms with van der Waals surface area (Å²) in [7, 11) is 0. The molecule has 0 atom stereocenters. The van der Waals surface area contributed by atoms with Gasteiger partial charge < -0.3 is 4.90 Å². The molecule has 0 unspecified atom stereocenters. The fraction of sp³-hybridized carbons (Fsp3) is 0.929. The Morgan fingerprint density at radius 1 is 1.29 bits per heavy atom. The summed E-state index contributed by atoms with van der Waals surface area (Å²) in [5.41, 5.74) is -0.0970. The topological polar surface area (TPSA) is 32.3 Å². The molecule has 1 N–H and O–H groups in total. The Labute approximate surface area is 104 Å². The van der Waals surface area contributed by atoms with Crippen molar-refractivity contribution in [3.05, 3.63) is 0 Å². The van der Waals surface area contributed by atoms with Crippen LogP contribution in [0.4, 0.5) is 0 Å². The number of carbonyl (C=O) groups excluding carboxylic acids is 1. The second kappa shape index (κ2) is 4.27. The Hall–Kier alpha value is -0.570. The lowest BCUT2D eigenvalue weighted by Gasteiger charge is -2.34. The Morgan fingerprint density at radius 3 is 2.53 bits per heavy atom. The minimum absolute atomic E-state index is 0.0970. The minimum atomic E-state index is -0.0970. The minimum Gasteiger partial charge on any atom is -0.325 e. The maximum absolute atomic E-state index is 12.3. The van der Waals surface area contributed by atoms with Gasteiger partial charge in [-0.25, -0.2) is 0 Å². The number of nitrogens with zero attached hydrogens (tertiary/aromatic N) is 1. The van der Waals surface area contributed by atoms with Crippen LogP contribution in [0.2, 0.25) is 0 Å². The highest BCUT2D eigenvalue weighted by atomic mass is 16.2. The predicted octanol–water partition coefficient (Wildman–Crippen LogP) is 2.27. The van der Waals surface area contributed by atoms with Crippen molar-refractivity contribution in [2.75, 3.05) is 6.67 Å². The van der Waals surface area contributed by atoms with Crippen molar-refractivity contribution in [2.45, 2.75) is 69.9 Å². The molecule has 0 aromatic heterocycles. The molecule has 3 fully saturated rings. The highest BCUT2D eigenvalue weighted by Crippen LogP contribution is 2.42. The van der Waals surface area contributed by atoms with Crippen LogP contribution in [0, 0.1) is 5.92 Å². The van der Waals surface area contributed by atoms with Gasteiger partial charge in [-0.05, 0) is 44.4 Å². The number of carbonyl (C=O) groups is 1. The maximum atomic E-state index is 12.3. The third-order valence-corrected chi connectivity index (χ3v) is 4.96. The second-order valence-corrected chi connectivity index (χ2v) is 6.16. The monoisotopic (exact) mass is 236 g/mol. The Kier molecular flexibility index (Phi) is 2.89. The third kappa shape index (κ3) is 1.99. The van der Waals surface area contributed by atoms with Crippen LogP contribution in [-0.2, 0) is 4.79 Å². The van der Waals surface area contributed by atoms with Gasteiger partial charge in [0.15, 0.2) is 0 Å². The average molecular weight is 236 g/mol. The molecule has 3 heteroatoms. The van der Waals surface area contributed by atoms with E-state index in [1.165, 1.54) is 38.5 Å². The van der Waals surface area contributed by atoms with E-state index in [4.69, 9.17) is 0 Å². The molecule has 1 spiro atoms. The van der Waals surface area contributed by atoms with Gasteiger partial charge in [0.1, 0.15) is 0 Å². The molecule has 0 radical (unpaired) electrons. The van der Waals surface area contributed by atoms with E-state index in [1.807, 2.05) is 0 Å². The van der Waals surface area contributed by atoms with E-state index in [-0.39, 0.29) is 5.54 Å². The maximum Gasteiger partial charge on any atom is 0.244 e. The lowest BCUT2D eigenvalue weighted by atomic mass is 9.83. The van der Waals surface area contributed by atoms with Gasteiger partial charge in [-0.15, -0.1) is 0 Å². The molecule has 2 saturated carbocycles. The van der Waals surface area contributed by atoms with Crippen molar-refractivity contribution in [3.8, 4) is 0 Å². The summed E-state index contributed by atoms with van der Waals surface area (Å²) in [6.07, 6.45) is 9.93. The van der Waals surface area contributed by atoms with Crippen LogP contribution in [0.25, 0.3) is 0 Å². The molecule has 17 heavy (non-hydrogen) atoms. The van der Waals surface area contributed by atoms with Crippen LogP contribution in [0.1, 0.15) is 58.3 Å². The van der Waals surface area contributed by atoms with Crippen molar-refractivity contribution in [2.24, 2.45) is 5.92 Å². The van der Waals surface area contributed by atoms with Crippen LogP contribution < -0.4 is 5.32 Å². The van der Waals surface area contributed by atoms with Gasteiger partial charge in [-0.3, -0.25) is 10.1 Å². The molecule has 3 rings (SSSR count). The number of hydrogen-bond acceptors (Lipinski definition) is 2. The summed E-state index contributed by atoms with van der Waals surface area (Å²) in [5.74, 6) is 1.33. The summed E-state index contributed by atoms with van der Waals surface area (Å²) in [6, 6.07) is 0.531. The van der Waals surface area contributed by atoms with Gasteiger partial charge in [0, 0.05) is 6.04 Å². The molecule has 1 heterocycles. The lowest BCUT2D eigenvalue weighted by molar-refractivity contribution is -0.132. The number of hydrogen-bond donors (Lipinski definition) is 1. The van der Waals surface area contributed by atoms with Crippen LogP contribution in [-0.4, -0.2) is 29.1 Å². The molecule has 3 aliphatic rings. The van der Waals surface area contributed by atoms with Gasteiger partial charge in [-0.1, -0.05) is 19.8 Å². The SMILES string of the molecule is CCCC1CCC(N2CNC3(CC3)C2=O)CC1. The first kappa shape index (κ1) is 11.5. The molecule has 1 amide bonds. The molecule has 2 aliphatic carbocycles. The molecule has 1 saturated heterocycles. The predicted molar refractivity (Wildman–Crippen MR) is 67.5 cm³/mol. The van der Waals surface area contributed by atoms with E-state index in [0.717, 1.165) is 25.4 Å². The summed E-state index contributed by atoms with van der Waals surface area (Å²) in [5, 5.41) is 3.42. The van der Waals surface area contributed by atoms with E-state index in [2.05, 4.69) is 17.1 Å². The first-order valence-electron chi connectivity index (χ1n) is 7.31. The van der Waals surface area contributed by atoms with Crippen LogP contribution in [0.5, 0.6) is 0 Å². The number of rotatable bonds is 3. The Morgan fingerprint density at radius 2 is 2.00 bits per heavy atom. The Bertz CT molecular complexity index is 303. The molecule has 0 aromatic rings. The van der Waals surface area contributed by atoms with Crippen LogP contribution in [0.15, 0.2) is 0 Å². The van der Waals surface area contributed by atoms with Gasteiger partial charge in [0.2, 0.25) is 5.91 Å². The van der Waals surface area contributed by atoms with Crippen molar-refractivity contribution in [1.82, 2.24) is 10.2 Å². The van der Waals surface area contributed by atoms with Gasteiger partial charge in [0.05, 0.1) is 12.2 Å². The summed E-state index contributed by atoms with van der Waals surface area (Å²) in [6.45, 7) is 3.08. The first-order chi connectivity index (χ1) is 8.25. The van der Waals surface area contributed by atoms with Crippen LogP contribution >= 0.6 is 0 Å². The zero-order valence-corrected chi connectivity index (χ0v) is 10.9. The lowest BCUT2D eigenvalue weighted by Crippen LogP contribution is -2.41. The van der Waals surface area contributed by atoms with Crippen LogP contribution in [0.3, 0.4) is 0 Å². The van der Waals surface area contributed by atoms with E-state index < -0.39 is 0 Å². The van der Waals surface area contributed by atoms with Crippen molar-refractivity contribution in [1.29, 1.82) is 0 Å². The van der Waals surface area contributed by atoms with Crippen molar-refractivity contribution in [3.63, 3.8) is 0 Å². The summed E-state index contributed by atoms with van der Waals surface area (Å²) >= 11 is 0. The smallest absolute Gasteiger partial charge is 0.244 e. The quantitative estimate of drug-likeness (QED) is 0.815. The molecule has 0 aromatic carbocycles. The van der Waals surface area contributed by atoms with Gasteiger partial charge >= 0.3 is 0 Å². The number of amides is 1. The number of nitrogens with one attached hydrogen (secondary N) is 1. The molecule has 1 aliphatic heterocycles. The molecule has 96 valence electrons. The third-order valence-electron chi connectivity index (χ3n) is 4.96. The standard InChI is InChI=1S/C14H24N2O/c1-2-3-11-4-6-12(7-5-11)16-10-15-14(8-9-14)13(16)17/h11-12,15H,2-10H2,1H3. The molecule has 0 bridgehead atoms. The molecular formula is C14H24N2O. The summed E-state index contributed by atoms with van der Waals surface area (Å²) < 4.78 is 0. The van der Waals surface area contributed by atoms with Crippen molar-refractivity contribution < 1.29 is 4.79 Å². The van der Waals surface area contributed by atoms with E-state index in [9.17, 15) is 4.79 Å². The van der Waals surface area contributed by atoms with E-state index in [1.54, 1.807) is 0 Å². The van der Waals surface area contributed by atoms with Gasteiger partial charge in [-0.2, -0.15) is 0 Å². The average Bonchev–Trinajstić information content (AvgIpc) is 3.05. The van der Waals surface area contributed by atoms with E-state index >= 15 is 0 Å². The normalized spacial score (nSPS) is 35.6. The highest BCUT2D eigenvalue weighted by Gasteiger charge is 2.56. The zero-order chi connectivity index (χ0) is 11.9. The Balaban J connectivity index is 1.55. The van der Waals surface area contributed by atoms with Crippen molar-refractivity contribution >= 4 is 5.91 Å². The summed E-state index contributed by atoms with van der Waals surface area (Å²) in [4.78, 5) is 14.4. The fourth-order valence-electron chi connectivity index (χ4n) is 3.62. The molecular weight excluding hydrogens is 212 g/mol. The first-order valence-corrected chi connectivity index (χ1v) is 7.31. The zero-order valence-electron chi connectivity index (χ0n) is 10.9. The molecule has 3 nitrogen and oxygen atoms in total. The van der Waals surface area contributed by atoms with E-state index in [0.29, 0.717) is 11.9 Å². The van der Waals surface area contributed by atoms with Gasteiger partial charge in [0.25, 0.3) is 0 Å². The second-order valence-electron chi connectivity index (χ2n) is 6.16.